The predicted octanol–water partition coefficient (Wildman–Crippen LogP) is 1.04. The van der Waals surface area contributed by atoms with Crippen molar-refractivity contribution in [2.24, 2.45) is 5.73 Å². The monoisotopic (exact) mass is 248 g/mol. The van der Waals surface area contributed by atoms with Gasteiger partial charge in [0.2, 0.25) is 0 Å². The Morgan fingerprint density at radius 2 is 2.00 bits per heavy atom. The number of hydrogen-bond acceptors (Lipinski definition) is 4. The van der Waals surface area contributed by atoms with Gasteiger partial charge in [0.1, 0.15) is 0 Å². The maximum atomic E-state index is 5.49. The molecule has 5 heteroatoms. The van der Waals surface area contributed by atoms with E-state index in [1.807, 2.05) is 0 Å². The van der Waals surface area contributed by atoms with Gasteiger partial charge in [0.05, 0.1) is 11.6 Å². The van der Waals surface area contributed by atoms with Crippen molar-refractivity contribution >= 4 is 17.2 Å². The topological polar surface area (TPSA) is 47.7 Å². The quantitative estimate of drug-likeness (QED) is 0.437. The summed E-state index contributed by atoms with van der Waals surface area (Å²) in [5, 5.41) is 0. The molecule has 0 aliphatic heterocycles. The molecule has 2 N–H and O–H groups in total. The summed E-state index contributed by atoms with van der Waals surface area (Å²) in [5.41, 5.74) is 5.46. The van der Waals surface area contributed by atoms with Gasteiger partial charge in [0.25, 0.3) is 0 Å². The average Bonchev–Trinajstić information content (AvgIpc) is 2.27. The number of nitrogens with zero attached hydrogens (tertiary/aromatic N) is 1. The molecule has 0 saturated heterocycles. The van der Waals surface area contributed by atoms with Crippen molar-refractivity contribution in [1.29, 1.82) is 0 Å². The molecule has 96 valence electrons. The first-order chi connectivity index (χ1) is 7.70. The van der Waals surface area contributed by atoms with Gasteiger partial charge in [0.15, 0.2) is 0 Å². The molecule has 0 aromatic rings. The molecule has 0 spiro atoms. The number of hydrogen-bond donors (Lipinski definition) is 1. The van der Waals surface area contributed by atoms with Gasteiger partial charge in [-0.05, 0) is 13.0 Å². The van der Waals surface area contributed by atoms with Crippen LogP contribution in [0.25, 0.3) is 0 Å². The van der Waals surface area contributed by atoms with Gasteiger partial charge in [-0.2, -0.15) is 0 Å². The zero-order chi connectivity index (χ0) is 12.2. The van der Waals surface area contributed by atoms with Crippen LogP contribution in [-0.2, 0) is 9.47 Å². The third kappa shape index (κ3) is 10.3. The van der Waals surface area contributed by atoms with Crippen molar-refractivity contribution in [2.75, 3.05) is 46.6 Å². The lowest BCUT2D eigenvalue weighted by molar-refractivity contribution is 0.0854. The molecule has 0 aromatic heterocycles. The first-order valence-electron chi connectivity index (χ1n) is 5.78. The Morgan fingerprint density at radius 1 is 1.25 bits per heavy atom. The molecule has 0 bridgehead atoms. The van der Waals surface area contributed by atoms with Gasteiger partial charge < -0.3 is 20.1 Å². The lowest BCUT2D eigenvalue weighted by Crippen LogP contribution is -2.30. The Hall–Kier alpha value is -0.230. The Balaban J connectivity index is 3.37. The number of rotatable bonds is 11. The second-order valence-corrected chi connectivity index (χ2v) is 4.13. The highest BCUT2D eigenvalue weighted by Crippen LogP contribution is 1.93. The third-order valence-electron chi connectivity index (χ3n) is 2.31. The van der Waals surface area contributed by atoms with Crippen LogP contribution >= 0.6 is 12.2 Å². The second kappa shape index (κ2) is 11.3. The van der Waals surface area contributed by atoms with Gasteiger partial charge in [-0.25, -0.2) is 0 Å². The van der Waals surface area contributed by atoms with Crippen LogP contribution in [0.15, 0.2) is 0 Å². The fourth-order valence-electron chi connectivity index (χ4n) is 1.30. The van der Waals surface area contributed by atoms with Crippen LogP contribution in [0.2, 0.25) is 0 Å². The molecule has 0 aliphatic rings. The molecule has 0 aromatic carbocycles. The van der Waals surface area contributed by atoms with E-state index in [1.165, 1.54) is 0 Å². The van der Waals surface area contributed by atoms with E-state index in [9.17, 15) is 0 Å². The lowest BCUT2D eigenvalue weighted by atomic mass is 10.3. The molecular weight excluding hydrogens is 224 g/mol. The third-order valence-corrected chi connectivity index (χ3v) is 2.51. The van der Waals surface area contributed by atoms with Crippen molar-refractivity contribution < 1.29 is 9.47 Å². The summed E-state index contributed by atoms with van der Waals surface area (Å²) in [6.07, 6.45) is 1.74. The van der Waals surface area contributed by atoms with Crippen molar-refractivity contribution in [3.8, 4) is 0 Å². The summed E-state index contributed by atoms with van der Waals surface area (Å²) in [4.78, 5) is 2.87. The van der Waals surface area contributed by atoms with E-state index < -0.39 is 0 Å². The van der Waals surface area contributed by atoms with Crippen LogP contribution in [0, 0.1) is 0 Å². The maximum Gasteiger partial charge on any atom is 0.0740 e. The summed E-state index contributed by atoms with van der Waals surface area (Å²) in [7, 11) is 1.70. The van der Waals surface area contributed by atoms with Crippen LogP contribution in [0.4, 0.5) is 0 Å². The Morgan fingerprint density at radius 3 is 2.56 bits per heavy atom. The van der Waals surface area contributed by atoms with Crippen LogP contribution < -0.4 is 5.73 Å². The average molecular weight is 248 g/mol. The number of methoxy groups -OCH3 is 1. The van der Waals surface area contributed by atoms with Crippen LogP contribution in [0.5, 0.6) is 0 Å². The first kappa shape index (κ1) is 15.8. The minimum absolute atomic E-state index is 0.583. The van der Waals surface area contributed by atoms with E-state index in [1.54, 1.807) is 7.11 Å². The molecule has 4 nitrogen and oxygen atoms in total. The van der Waals surface area contributed by atoms with Gasteiger partial charge in [-0.1, -0.05) is 19.1 Å². The number of ether oxygens (including phenoxy) is 2. The first-order valence-corrected chi connectivity index (χ1v) is 6.18. The summed E-state index contributed by atoms with van der Waals surface area (Å²) in [6, 6.07) is 0. The van der Waals surface area contributed by atoms with Crippen LogP contribution in [0.3, 0.4) is 0 Å². The van der Waals surface area contributed by atoms with Crippen LogP contribution in [0.1, 0.15) is 19.8 Å². The van der Waals surface area contributed by atoms with Gasteiger partial charge in [0, 0.05) is 39.8 Å². The summed E-state index contributed by atoms with van der Waals surface area (Å²) < 4.78 is 10.4. The summed E-state index contributed by atoms with van der Waals surface area (Å²) in [6.45, 7) is 7.28. The Kier molecular flexibility index (Phi) is 11.1. The highest BCUT2D eigenvalue weighted by Gasteiger charge is 2.02. The Labute approximate surface area is 104 Å². The SMILES string of the molecule is CCN(CCOCCCOC)CCC(N)=S. The number of nitrogens with two attached hydrogens (primary N) is 1. The van der Waals surface area contributed by atoms with E-state index in [4.69, 9.17) is 27.4 Å². The molecule has 0 heterocycles. The molecule has 16 heavy (non-hydrogen) atoms. The van der Waals surface area contributed by atoms with Crippen LogP contribution in [-0.4, -0.2) is 56.5 Å². The summed E-state index contributed by atoms with van der Waals surface area (Å²) in [5.74, 6) is 0. The van der Waals surface area contributed by atoms with Crippen molar-refractivity contribution in [3.05, 3.63) is 0 Å². The minimum atomic E-state index is 0.583. The molecule has 0 atom stereocenters. The van der Waals surface area contributed by atoms with Crippen molar-refractivity contribution in [3.63, 3.8) is 0 Å². The molecule has 0 unspecified atom stereocenters. The van der Waals surface area contributed by atoms with E-state index in [0.717, 1.165) is 52.3 Å². The fraction of sp³-hybridized carbons (Fsp3) is 0.909. The molecule has 0 rings (SSSR count). The standard InChI is InChI=1S/C11H24N2O2S/c1-3-13(6-5-11(12)16)7-10-15-9-4-8-14-2/h3-10H2,1-2H3,(H2,12,16). The molecule has 0 amide bonds. The molecule has 0 fully saturated rings. The molecular formula is C11H24N2O2S. The number of thiocarbonyl (C=S) groups is 1. The normalized spacial score (nSPS) is 10.9. The van der Waals surface area contributed by atoms with Gasteiger partial charge >= 0.3 is 0 Å². The smallest absolute Gasteiger partial charge is 0.0740 e. The fourth-order valence-corrected chi connectivity index (χ4v) is 1.39. The maximum absolute atomic E-state index is 5.49. The zero-order valence-corrected chi connectivity index (χ0v) is 11.2. The van der Waals surface area contributed by atoms with Crippen molar-refractivity contribution in [1.82, 2.24) is 4.90 Å². The second-order valence-electron chi connectivity index (χ2n) is 3.61. The molecule has 0 saturated carbocycles. The van der Waals surface area contributed by atoms with Gasteiger partial charge in [-0.3, -0.25) is 0 Å². The summed E-state index contributed by atoms with van der Waals surface area (Å²) >= 11 is 4.85. The van der Waals surface area contributed by atoms with E-state index >= 15 is 0 Å². The van der Waals surface area contributed by atoms with E-state index in [-0.39, 0.29) is 0 Å². The Bertz CT molecular complexity index is 179. The molecule has 0 aliphatic carbocycles. The predicted molar refractivity (Wildman–Crippen MR) is 70.8 cm³/mol. The number of likely N-dealkylation sites (N-methyl/N-ethyl adjacent to an activating group) is 1. The van der Waals surface area contributed by atoms with Gasteiger partial charge in [-0.15, -0.1) is 0 Å². The highest BCUT2D eigenvalue weighted by molar-refractivity contribution is 7.80. The molecule has 0 radical (unpaired) electrons. The van der Waals surface area contributed by atoms with Crippen molar-refractivity contribution in [2.45, 2.75) is 19.8 Å². The zero-order valence-electron chi connectivity index (χ0n) is 10.4. The van der Waals surface area contributed by atoms with E-state index in [2.05, 4.69) is 11.8 Å². The minimum Gasteiger partial charge on any atom is -0.393 e. The van der Waals surface area contributed by atoms with E-state index in [0.29, 0.717) is 4.99 Å². The lowest BCUT2D eigenvalue weighted by Gasteiger charge is -2.19. The highest BCUT2D eigenvalue weighted by atomic mass is 32.1. The largest absolute Gasteiger partial charge is 0.393 e.